The minimum atomic E-state index is 0.361. The van der Waals surface area contributed by atoms with Gasteiger partial charge in [0, 0.05) is 25.2 Å². The van der Waals surface area contributed by atoms with Crippen LogP contribution >= 0.6 is 0 Å². The number of nitrogens with zero attached hydrogens (tertiary/aromatic N) is 3. The molecule has 0 aliphatic heterocycles. The summed E-state index contributed by atoms with van der Waals surface area (Å²) in [5.41, 5.74) is 9.57. The second-order valence-electron chi connectivity index (χ2n) is 3.46. The van der Waals surface area contributed by atoms with Crippen molar-refractivity contribution in [2.75, 3.05) is 13.6 Å². The lowest BCUT2D eigenvalue weighted by Gasteiger charge is -2.03. The van der Waals surface area contributed by atoms with E-state index in [0.29, 0.717) is 24.4 Å². The van der Waals surface area contributed by atoms with E-state index in [0.717, 1.165) is 16.9 Å². The summed E-state index contributed by atoms with van der Waals surface area (Å²) in [6, 6.07) is 1.75. The van der Waals surface area contributed by atoms with Gasteiger partial charge in [0.1, 0.15) is 5.82 Å². The fourth-order valence-corrected chi connectivity index (χ4v) is 1.64. The first-order chi connectivity index (χ1) is 8.30. The Morgan fingerprint density at radius 1 is 1.65 bits per heavy atom. The van der Waals surface area contributed by atoms with Crippen molar-refractivity contribution in [2.45, 2.75) is 6.42 Å². The van der Waals surface area contributed by atoms with Gasteiger partial charge in [0.05, 0.1) is 5.52 Å². The Hall–Kier alpha value is -1.99. The van der Waals surface area contributed by atoms with Crippen LogP contribution in [0.1, 0.15) is 11.4 Å². The fourth-order valence-electron chi connectivity index (χ4n) is 1.64. The number of nitrogens with one attached hydrogen (secondary N) is 2. The molecule has 0 fully saturated rings. The van der Waals surface area contributed by atoms with Gasteiger partial charge >= 0.3 is 0 Å². The van der Waals surface area contributed by atoms with Crippen molar-refractivity contribution >= 4 is 17.0 Å². The lowest BCUT2D eigenvalue weighted by molar-refractivity contribution is 0.235. The zero-order chi connectivity index (χ0) is 12.3. The van der Waals surface area contributed by atoms with Crippen LogP contribution in [0, 0.1) is 0 Å². The highest BCUT2D eigenvalue weighted by molar-refractivity contribution is 6.06. The van der Waals surface area contributed by atoms with Crippen LogP contribution in [0.2, 0.25) is 0 Å². The molecular weight excluding hydrogens is 220 g/mol. The molecule has 0 bridgehead atoms. The van der Waals surface area contributed by atoms with Crippen LogP contribution in [0.5, 0.6) is 0 Å². The molecule has 0 aliphatic rings. The van der Waals surface area contributed by atoms with E-state index in [1.165, 1.54) is 0 Å². The summed E-state index contributed by atoms with van der Waals surface area (Å²) in [5, 5.41) is 8.99. The van der Waals surface area contributed by atoms with Gasteiger partial charge in [-0.25, -0.2) is 9.97 Å². The molecule has 5 N–H and O–H groups in total. The third-order valence-electron chi connectivity index (χ3n) is 2.41. The molecule has 0 aromatic carbocycles. The number of rotatable bonds is 3. The van der Waals surface area contributed by atoms with Crippen molar-refractivity contribution in [1.29, 1.82) is 0 Å². The third kappa shape index (κ3) is 2.10. The standard InChI is InChI=1S/C10H14N6O/c1-12-9(16-17)6-3-5-13-10-8(6)14-7(15-10)2-4-11/h3,5,17H,2,4,11H2,1H3,(H,12,16)(H,13,14,15). The van der Waals surface area contributed by atoms with Gasteiger partial charge in [0.25, 0.3) is 0 Å². The largest absolute Gasteiger partial charge is 0.340 e. The molecule has 0 unspecified atom stereocenters. The van der Waals surface area contributed by atoms with Crippen LogP contribution in [-0.2, 0) is 6.42 Å². The molecule has 90 valence electrons. The maximum absolute atomic E-state index is 8.99. The van der Waals surface area contributed by atoms with E-state index in [2.05, 4.69) is 25.4 Å². The van der Waals surface area contributed by atoms with Crippen LogP contribution in [0.25, 0.3) is 11.2 Å². The maximum Gasteiger partial charge on any atom is 0.178 e. The minimum absolute atomic E-state index is 0.361. The Balaban J connectivity index is 2.56. The van der Waals surface area contributed by atoms with Crippen LogP contribution in [-0.4, -0.2) is 39.6 Å². The Kier molecular flexibility index (Phi) is 3.31. The molecule has 0 saturated carbocycles. The van der Waals surface area contributed by atoms with E-state index in [9.17, 15) is 0 Å². The molecule has 2 aromatic rings. The number of H-pyrrole nitrogens is 1. The fraction of sp³-hybridized carbons (Fsp3) is 0.300. The smallest absolute Gasteiger partial charge is 0.178 e. The van der Waals surface area contributed by atoms with E-state index in [-0.39, 0.29) is 0 Å². The van der Waals surface area contributed by atoms with Crippen LogP contribution in [0.15, 0.2) is 17.3 Å². The predicted octanol–water partition coefficient (Wildman–Crippen LogP) is -0.186. The topological polar surface area (TPSA) is 112 Å². The number of fused-ring (bicyclic) bond motifs is 1. The monoisotopic (exact) mass is 234 g/mol. The Bertz CT molecular complexity index is 547. The molecule has 0 amide bonds. The zero-order valence-electron chi connectivity index (χ0n) is 9.44. The van der Waals surface area contributed by atoms with E-state index < -0.39 is 0 Å². The van der Waals surface area contributed by atoms with Gasteiger partial charge in [-0.1, -0.05) is 0 Å². The maximum atomic E-state index is 8.99. The number of pyridine rings is 1. The number of aromatic nitrogens is 3. The van der Waals surface area contributed by atoms with E-state index in [4.69, 9.17) is 10.9 Å². The highest BCUT2D eigenvalue weighted by Gasteiger charge is 2.11. The summed E-state index contributed by atoms with van der Waals surface area (Å²) in [6.45, 7) is 0.516. The summed E-state index contributed by atoms with van der Waals surface area (Å²) >= 11 is 0. The number of aliphatic imine (C=N–C) groups is 1. The van der Waals surface area contributed by atoms with Gasteiger partial charge in [-0.2, -0.15) is 0 Å². The molecule has 7 nitrogen and oxygen atoms in total. The average Bonchev–Trinajstić information content (AvgIpc) is 2.74. The zero-order valence-corrected chi connectivity index (χ0v) is 9.44. The van der Waals surface area contributed by atoms with Crippen LogP contribution < -0.4 is 11.2 Å². The van der Waals surface area contributed by atoms with Gasteiger partial charge in [0.2, 0.25) is 0 Å². The summed E-state index contributed by atoms with van der Waals surface area (Å²) < 4.78 is 0. The lowest BCUT2D eigenvalue weighted by Crippen LogP contribution is -2.20. The first-order valence-corrected chi connectivity index (χ1v) is 5.21. The first kappa shape index (κ1) is 11.5. The van der Waals surface area contributed by atoms with Gasteiger partial charge in [-0.05, 0) is 12.6 Å². The van der Waals surface area contributed by atoms with Crippen molar-refractivity contribution < 1.29 is 5.21 Å². The molecule has 0 saturated heterocycles. The van der Waals surface area contributed by atoms with Crippen molar-refractivity contribution in [1.82, 2.24) is 20.4 Å². The molecule has 17 heavy (non-hydrogen) atoms. The number of hydroxylamine groups is 1. The Morgan fingerprint density at radius 2 is 2.47 bits per heavy atom. The quantitative estimate of drug-likeness (QED) is 0.334. The Morgan fingerprint density at radius 3 is 3.12 bits per heavy atom. The molecule has 2 rings (SSSR count). The summed E-state index contributed by atoms with van der Waals surface area (Å²) in [4.78, 5) is 15.5. The van der Waals surface area contributed by atoms with Crippen LogP contribution in [0.4, 0.5) is 0 Å². The summed E-state index contributed by atoms with van der Waals surface area (Å²) in [7, 11) is 1.59. The first-order valence-electron chi connectivity index (χ1n) is 5.21. The normalized spacial score (nSPS) is 12.1. The van der Waals surface area contributed by atoms with E-state index in [1.807, 2.05) is 0 Å². The number of hydrogen-bond donors (Lipinski definition) is 4. The van der Waals surface area contributed by atoms with Gasteiger partial charge in [-0.15, -0.1) is 0 Å². The van der Waals surface area contributed by atoms with Crippen molar-refractivity contribution in [3.63, 3.8) is 0 Å². The highest BCUT2D eigenvalue weighted by atomic mass is 16.5. The molecule has 0 aliphatic carbocycles. The SMILES string of the molecule is CN=C(NO)c1ccnc2nc(CCN)[nH]c12. The second-order valence-corrected chi connectivity index (χ2v) is 3.46. The van der Waals surface area contributed by atoms with Crippen LogP contribution in [0.3, 0.4) is 0 Å². The van der Waals surface area contributed by atoms with Gasteiger partial charge in [-0.3, -0.25) is 15.7 Å². The Labute approximate surface area is 97.8 Å². The molecule has 0 atom stereocenters. The van der Waals surface area contributed by atoms with Gasteiger partial charge in [0.15, 0.2) is 11.5 Å². The minimum Gasteiger partial charge on any atom is -0.340 e. The van der Waals surface area contributed by atoms with Gasteiger partial charge < -0.3 is 10.7 Å². The molecule has 2 heterocycles. The van der Waals surface area contributed by atoms with Crippen molar-refractivity contribution in [3.05, 3.63) is 23.7 Å². The number of nitrogens with two attached hydrogens (primary N) is 1. The van der Waals surface area contributed by atoms with E-state index in [1.54, 1.807) is 19.3 Å². The highest BCUT2D eigenvalue weighted by Crippen LogP contribution is 2.14. The van der Waals surface area contributed by atoms with E-state index >= 15 is 0 Å². The summed E-state index contributed by atoms with van der Waals surface area (Å²) in [6.07, 6.45) is 2.27. The number of imidazole rings is 1. The number of aromatic amines is 1. The molecule has 0 radical (unpaired) electrons. The average molecular weight is 234 g/mol. The molecule has 7 heteroatoms. The predicted molar refractivity (Wildman–Crippen MR) is 64.0 cm³/mol. The lowest BCUT2D eigenvalue weighted by atomic mass is 10.2. The molecule has 0 spiro atoms. The molecule has 2 aromatic heterocycles. The third-order valence-corrected chi connectivity index (χ3v) is 2.41. The van der Waals surface area contributed by atoms with Crippen molar-refractivity contribution in [2.24, 2.45) is 10.7 Å². The summed E-state index contributed by atoms with van der Waals surface area (Å²) in [5.74, 6) is 1.14. The van der Waals surface area contributed by atoms with Crippen molar-refractivity contribution in [3.8, 4) is 0 Å². The second kappa shape index (κ2) is 4.89. The molecular formula is C10H14N6O. The number of hydrogen-bond acceptors (Lipinski definition) is 5. The number of amidine groups is 1.